The van der Waals surface area contributed by atoms with Crippen LogP contribution in [0.1, 0.15) is 46.7 Å². The van der Waals surface area contributed by atoms with Crippen molar-refractivity contribution >= 4 is 38.2 Å². The van der Waals surface area contributed by atoms with Crippen molar-refractivity contribution in [3.05, 3.63) is 113 Å². The normalized spacial score (nSPS) is 14.3. The van der Waals surface area contributed by atoms with Crippen molar-refractivity contribution in [2.24, 2.45) is 0 Å². The Balaban J connectivity index is 1.22. The number of pyridine rings is 1. The van der Waals surface area contributed by atoms with Gasteiger partial charge in [0.2, 0.25) is 0 Å². The van der Waals surface area contributed by atoms with Crippen molar-refractivity contribution < 1.29 is 4.79 Å². The lowest BCUT2D eigenvalue weighted by molar-refractivity contribution is 0.0980. The fourth-order valence-corrected chi connectivity index (χ4v) is 6.85. The summed E-state index contributed by atoms with van der Waals surface area (Å²) >= 11 is 1.81. The van der Waals surface area contributed by atoms with Gasteiger partial charge in [-0.05, 0) is 64.2 Å². The van der Waals surface area contributed by atoms with Gasteiger partial charge in [0, 0.05) is 51.3 Å². The number of aromatic amines is 1. The minimum Gasteiger partial charge on any atom is -0.346 e. The highest BCUT2D eigenvalue weighted by molar-refractivity contribution is 7.17. The van der Waals surface area contributed by atoms with Crippen LogP contribution in [0.3, 0.4) is 0 Å². The smallest absolute Gasteiger partial charge is 0.163 e. The number of Topliss-reactive ketones (excluding diaryl/α,β-unsaturated/α-hetero) is 1. The molecule has 1 aliphatic rings. The minimum atomic E-state index is 0.187. The molecule has 3 aromatic carbocycles. The third kappa shape index (κ3) is 3.33. The van der Waals surface area contributed by atoms with E-state index in [9.17, 15) is 4.79 Å². The van der Waals surface area contributed by atoms with Gasteiger partial charge in [-0.3, -0.25) is 4.79 Å². The summed E-state index contributed by atoms with van der Waals surface area (Å²) in [6.45, 7) is 0. The number of nitrogens with one attached hydrogen (secondary N) is 1. The van der Waals surface area contributed by atoms with E-state index in [2.05, 4.69) is 82.1 Å². The van der Waals surface area contributed by atoms with Crippen molar-refractivity contribution in [3.63, 3.8) is 0 Å². The van der Waals surface area contributed by atoms with Gasteiger partial charge in [0.25, 0.3) is 0 Å². The highest BCUT2D eigenvalue weighted by atomic mass is 32.1. The predicted molar refractivity (Wildman–Crippen MR) is 149 cm³/mol. The van der Waals surface area contributed by atoms with E-state index in [-0.39, 0.29) is 5.78 Å². The van der Waals surface area contributed by atoms with Gasteiger partial charge in [-0.1, -0.05) is 60.7 Å². The summed E-state index contributed by atoms with van der Waals surface area (Å²) in [6, 6.07) is 28.0. The van der Waals surface area contributed by atoms with Gasteiger partial charge in [-0.25, -0.2) is 4.98 Å². The van der Waals surface area contributed by atoms with Crippen LogP contribution in [0.5, 0.6) is 0 Å². The molecular weight excluding hydrogens is 460 g/mol. The molecule has 1 aliphatic carbocycles. The molecule has 1 N–H and O–H groups in total. The number of aromatic nitrogens is 2. The summed E-state index contributed by atoms with van der Waals surface area (Å²) in [6.07, 6.45) is 5.88. The summed E-state index contributed by atoms with van der Waals surface area (Å²) in [5.74, 6) is 0.491. The molecule has 0 amide bonds. The Hall–Kier alpha value is -4.02. The van der Waals surface area contributed by atoms with Gasteiger partial charge in [-0.15, -0.1) is 11.3 Å². The van der Waals surface area contributed by atoms with Crippen LogP contribution in [0.15, 0.2) is 96.6 Å². The molecule has 7 rings (SSSR count). The molecule has 3 nitrogen and oxygen atoms in total. The second kappa shape index (κ2) is 8.58. The number of thiophene rings is 1. The maximum Gasteiger partial charge on any atom is 0.163 e. The Morgan fingerprint density at radius 2 is 1.67 bits per heavy atom. The zero-order valence-corrected chi connectivity index (χ0v) is 20.5. The molecule has 1 unspecified atom stereocenters. The molecule has 0 bridgehead atoms. The Labute approximate surface area is 213 Å². The topological polar surface area (TPSA) is 45.8 Å². The lowest BCUT2D eigenvalue weighted by Gasteiger charge is -2.14. The van der Waals surface area contributed by atoms with Crippen LogP contribution in [-0.4, -0.2) is 15.8 Å². The molecule has 0 spiro atoms. The zero-order valence-electron chi connectivity index (χ0n) is 19.7. The van der Waals surface area contributed by atoms with E-state index >= 15 is 0 Å². The molecule has 1 atom stereocenters. The average Bonchev–Trinajstić information content (AvgIpc) is 3.64. The molecular formula is C32H24N2OS. The molecule has 3 aromatic heterocycles. The lowest BCUT2D eigenvalue weighted by Crippen LogP contribution is -2.03. The van der Waals surface area contributed by atoms with Gasteiger partial charge in [-0.2, -0.15) is 0 Å². The number of hydrogen-bond acceptors (Lipinski definition) is 3. The SMILES string of the molecule is O=C(CCCC1c2ccccc2-c2c(-c3csc4ccccc34)cccc21)c1ccnc2[nH]ccc12. The number of benzene rings is 3. The van der Waals surface area contributed by atoms with E-state index in [0.717, 1.165) is 29.4 Å². The fourth-order valence-electron chi connectivity index (χ4n) is 5.88. The zero-order chi connectivity index (χ0) is 24.1. The fraction of sp³-hybridized carbons (Fsp3) is 0.125. The second-order valence-electron chi connectivity index (χ2n) is 9.47. The van der Waals surface area contributed by atoms with Crippen molar-refractivity contribution in [2.75, 3.05) is 0 Å². The number of ketones is 1. The Kier molecular flexibility index (Phi) is 5.07. The van der Waals surface area contributed by atoms with Crippen LogP contribution >= 0.6 is 11.3 Å². The first-order valence-electron chi connectivity index (χ1n) is 12.4. The van der Waals surface area contributed by atoms with Crippen LogP contribution in [0.4, 0.5) is 0 Å². The van der Waals surface area contributed by atoms with Gasteiger partial charge in [0.05, 0.1) is 0 Å². The molecule has 0 fully saturated rings. The molecule has 174 valence electrons. The van der Waals surface area contributed by atoms with Crippen LogP contribution in [-0.2, 0) is 0 Å². The standard InChI is InChI=1S/C32H24N2OS/c35-29(22-15-17-33-32-27(22)16-18-34-32)13-6-10-21-20-7-1-2-9-24(20)31-25(21)11-5-12-26(31)28-19-36-30-14-4-3-8-23(28)30/h1-5,7-9,11-12,14-19,21H,6,10,13H2,(H,33,34). The number of carbonyl (C=O) groups is 1. The number of nitrogens with zero attached hydrogens (tertiary/aromatic N) is 1. The molecule has 6 aromatic rings. The third-order valence-corrected chi connectivity index (χ3v) is 8.47. The van der Waals surface area contributed by atoms with Gasteiger partial charge in [0.15, 0.2) is 5.78 Å². The Morgan fingerprint density at radius 1 is 0.833 bits per heavy atom. The first kappa shape index (κ1) is 21.3. The summed E-state index contributed by atoms with van der Waals surface area (Å²) < 4.78 is 1.32. The molecule has 0 saturated heterocycles. The summed E-state index contributed by atoms with van der Waals surface area (Å²) in [7, 11) is 0. The maximum absolute atomic E-state index is 13.1. The van der Waals surface area contributed by atoms with Crippen LogP contribution < -0.4 is 0 Å². The second-order valence-corrected chi connectivity index (χ2v) is 10.4. The molecule has 36 heavy (non-hydrogen) atoms. The van der Waals surface area contributed by atoms with Crippen LogP contribution in [0.2, 0.25) is 0 Å². The number of carbonyl (C=O) groups excluding carboxylic acids is 1. The Bertz CT molecular complexity index is 1760. The lowest BCUT2D eigenvalue weighted by atomic mass is 9.89. The summed E-state index contributed by atoms with van der Waals surface area (Å²) in [4.78, 5) is 20.5. The number of rotatable bonds is 6. The van der Waals surface area contributed by atoms with Crippen LogP contribution in [0, 0.1) is 0 Å². The molecule has 0 saturated carbocycles. The first-order valence-corrected chi connectivity index (χ1v) is 13.3. The monoisotopic (exact) mass is 484 g/mol. The van der Waals surface area contributed by atoms with Crippen molar-refractivity contribution in [1.82, 2.24) is 9.97 Å². The first-order chi connectivity index (χ1) is 17.8. The highest BCUT2D eigenvalue weighted by Crippen LogP contribution is 2.51. The minimum absolute atomic E-state index is 0.187. The quantitative estimate of drug-likeness (QED) is 0.241. The maximum atomic E-state index is 13.1. The van der Waals surface area contributed by atoms with Crippen LogP contribution in [0.25, 0.3) is 43.4 Å². The van der Waals surface area contributed by atoms with Crippen molar-refractivity contribution in [1.29, 1.82) is 0 Å². The van der Waals surface area contributed by atoms with Gasteiger partial charge >= 0.3 is 0 Å². The highest BCUT2D eigenvalue weighted by Gasteiger charge is 2.30. The third-order valence-electron chi connectivity index (χ3n) is 7.51. The number of fused-ring (bicyclic) bond motifs is 5. The molecule has 0 aliphatic heterocycles. The van der Waals surface area contributed by atoms with Gasteiger partial charge in [0.1, 0.15) is 5.65 Å². The van der Waals surface area contributed by atoms with Crippen molar-refractivity contribution in [2.45, 2.75) is 25.2 Å². The van der Waals surface area contributed by atoms with E-state index in [0.29, 0.717) is 12.3 Å². The van der Waals surface area contributed by atoms with Gasteiger partial charge < -0.3 is 4.98 Å². The average molecular weight is 485 g/mol. The van der Waals surface area contributed by atoms with E-state index < -0.39 is 0 Å². The molecule has 0 radical (unpaired) electrons. The molecule has 4 heteroatoms. The predicted octanol–water partition coefficient (Wildman–Crippen LogP) is 8.61. The van der Waals surface area contributed by atoms with E-state index in [4.69, 9.17) is 0 Å². The number of hydrogen-bond donors (Lipinski definition) is 1. The largest absolute Gasteiger partial charge is 0.346 e. The summed E-state index contributed by atoms with van der Waals surface area (Å²) in [5, 5.41) is 4.52. The Morgan fingerprint density at radius 3 is 2.64 bits per heavy atom. The van der Waals surface area contributed by atoms with Crippen molar-refractivity contribution in [3.8, 4) is 22.3 Å². The summed E-state index contributed by atoms with van der Waals surface area (Å²) in [5.41, 5.74) is 9.60. The number of H-pyrrole nitrogens is 1. The van der Waals surface area contributed by atoms with E-state index in [1.54, 1.807) is 6.20 Å². The molecule has 3 heterocycles. The van der Waals surface area contributed by atoms with E-state index in [1.165, 1.54) is 43.5 Å². The van der Waals surface area contributed by atoms with E-state index in [1.807, 2.05) is 29.7 Å².